The number of nitrogens with zero attached hydrogens (tertiary/aromatic N) is 2. The van der Waals surface area contributed by atoms with Crippen molar-refractivity contribution in [3.63, 3.8) is 0 Å². The number of nitrogens with one attached hydrogen (secondary N) is 2. The van der Waals surface area contributed by atoms with Gasteiger partial charge in [0, 0.05) is 31.0 Å². The van der Waals surface area contributed by atoms with E-state index < -0.39 is 12.6 Å². The lowest BCUT2D eigenvalue weighted by Crippen LogP contribution is -2.31. The molecule has 2 N–H and O–H groups in total. The number of carbonyl (C=O) groups is 1. The minimum absolute atomic E-state index is 0.164. The summed E-state index contributed by atoms with van der Waals surface area (Å²) in [5.74, 6) is 0.199. The molecule has 1 aromatic carbocycles. The fraction of sp³-hybridized carbons (Fsp3) is 0.231. The van der Waals surface area contributed by atoms with Gasteiger partial charge in [-0.2, -0.15) is 8.78 Å². The Morgan fingerprint density at radius 3 is 2.77 bits per heavy atom. The summed E-state index contributed by atoms with van der Waals surface area (Å²) in [5.41, 5.74) is 0.473. The zero-order valence-electron chi connectivity index (χ0n) is 11.2. The Bertz CT molecular complexity index is 663. The third-order valence-electron chi connectivity index (χ3n) is 2.77. The van der Waals surface area contributed by atoms with Crippen LogP contribution in [-0.2, 0) is 6.42 Å². The predicted octanol–water partition coefficient (Wildman–Crippen LogP) is 3.95. The molecule has 2 amide bonds. The third-order valence-corrected chi connectivity index (χ3v) is 3.51. The fourth-order valence-corrected chi connectivity index (χ4v) is 2.05. The van der Waals surface area contributed by atoms with Gasteiger partial charge >= 0.3 is 12.6 Å². The highest BCUT2D eigenvalue weighted by molar-refractivity contribution is 6.42. The van der Waals surface area contributed by atoms with Gasteiger partial charge < -0.3 is 10.6 Å². The molecule has 0 saturated heterocycles. The van der Waals surface area contributed by atoms with Crippen LogP contribution < -0.4 is 10.6 Å². The van der Waals surface area contributed by atoms with E-state index in [-0.39, 0.29) is 18.8 Å². The zero-order valence-corrected chi connectivity index (χ0v) is 12.7. The van der Waals surface area contributed by atoms with Gasteiger partial charge in [-0.3, -0.25) is 4.57 Å². The summed E-state index contributed by atoms with van der Waals surface area (Å²) in [6.07, 6.45) is 2.67. The summed E-state index contributed by atoms with van der Waals surface area (Å²) >= 11 is 11.6. The second kappa shape index (κ2) is 7.42. The molecule has 0 atom stereocenters. The average molecular weight is 349 g/mol. The molecule has 2 rings (SSSR count). The monoisotopic (exact) mass is 348 g/mol. The number of aromatic nitrogens is 2. The van der Waals surface area contributed by atoms with Gasteiger partial charge in [0.25, 0.3) is 0 Å². The second-order valence-corrected chi connectivity index (χ2v) is 5.10. The highest BCUT2D eigenvalue weighted by atomic mass is 35.5. The molecule has 5 nitrogen and oxygen atoms in total. The number of hydrogen-bond donors (Lipinski definition) is 2. The van der Waals surface area contributed by atoms with Crippen LogP contribution in [0.1, 0.15) is 12.4 Å². The van der Waals surface area contributed by atoms with Crippen molar-refractivity contribution in [1.29, 1.82) is 0 Å². The average Bonchev–Trinajstić information content (AvgIpc) is 2.91. The van der Waals surface area contributed by atoms with E-state index in [1.807, 2.05) is 0 Å². The van der Waals surface area contributed by atoms with Crippen LogP contribution in [0.3, 0.4) is 0 Å². The largest absolute Gasteiger partial charge is 0.337 e. The molecule has 22 heavy (non-hydrogen) atoms. The van der Waals surface area contributed by atoms with Gasteiger partial charge in [-0.15, -0.1) is 0 Å². The number of halogens is 4. The maximum Gasteiger partial charge on any atom is 0.319 e. The Morgan fingerprint density at radius 2 is 2.09 bits per heavy atom. The molecule has 0 aliphatic heterocycles. The van der Waals surface area contributed by atoms with Crippen molar-refractivity contribution < 1.29 is 13.6 Å². The van der Waals surface area contributed by atoms with Crippen molar-refractivity contribution in [2.24, 2.45) is 0 Å². The first-order valence-electron chi connectivity index (χ1n) is 6.27. The maximum atomic E-state index is 12.6. The Balaban J connectivity index is 1.83. The summed E-state index contributed by atoms with van der Waals surface area (Å²) in [4.78, 5) is 15.5. The van der Waals surface area contributed by atoms with Gasteiger partial charge in [0.15, 0.2) is 0 Å². The van der Waals surface area contributed by atoms with E-state index in [1.165, 1.54) is 18.5 Å². The van der Waals surface area contributed by atoms with Crippen LogP contribution in [0.15, 0.2) is 30.6 Å². The fourth-order valence-electron chi connectivity index (χ4n) is 1.75. The van der Waals surface area contributed by atoms with E-state index >= 15 is 0 Å². The lowest BCUT2D eigenvalue weighted by Gasteiger charge is -2.09. The van der Waals surface area contributed by atoms with Crippen LogP contribution in [0.2, 0.25) is 10.0 Å². The first-order chi connectivity index (χ1) is 10.5. The van der Waals surface area contributed by atoms with Crippen LogP contribution in [0, 0.1) is 0 Å². The highest BCUT2D eigenvalue weighted by Gasteiger charge is 2.11. The van der Waals surface area contributed by atoms with Gasteiger partial charge in [0.05, 0.1) is 10.0 Å². The van der Waals surface area contributed by atoms with Gasteiger partial charge in [0.1, 0.15) is 5.82 Å². The number of amides is 2. The van der Waals surface area contributed by atoms with Crippen molar-refractivity contribution in [1.82, 2.24) is 14.9 Å². The first-order valence-corrected chi connectivity index (χ1v) is 7.02. The molecule has 0 radical (unpaired) electrons. The number of alkyl halides is 2. The summed E-state index contributed by atoms with van der Waals surface area (Å²) in [6.45, 7) is -2.49. The zero-order chi connectivity index (χ0) is 16.1. The molecule has 0 saturated carbocycles. The number of hydrogen-bond acceptors (Lipinski definition) is 2. The maximum absolute atomic E-state index is 12.6. The van der Waals surface area contributed by atoms with E-state index in [9.17, 15) is 13.6 Å². The van der Waals surface area contributed by atoms with E-state index in [4.69, 9.17) is 23.2 Å². The number of imidazole rings is 1. The van der Waals surface area contributed by atoms with Crippen LogP contribution in [-0.4, -0.2) is 22.1 Å². The van der Waals surface area contributed by atoms with Gasteiger partial charge in [-0.05, 0) is 18.2 Å². The number of carbonyl (C=O) groups excluding carboxylic acids is 1. The summed E-state index contributed by atoms with van der Waals surface area (Å²) in [7, 11) is 0. The first kappa shape index (κ1) is 16.5. The molecule has 9 heteroatoms. The van der Waals surface area contributed by atoms with Crippen molar-refractivity contribution in [3.8, 4) is 0 Å². The van der Waals surface area contributed by atoms with Gasteiger partial charge in [-0.25, -0.2) is 9.78 Å². The van der Waals surface area contributed by atoms with Crippen molar-refractivity contribution in [2.45, 2.75) is 13.0 Å². The molecule has 1 aromatic heterocycles. The minimum Gasteiger partial charge on any atom is -0.337 e. The quantitative estimate of drug-likeness (QED) is 0.859. The highest BCUT2D eigenvalue weighted by Crippen LogP contribution is 2.24. The van der Waals surface area contributed by atoms with Gasteiger partial charge in [0.2, 0.25) is 0 Å². The molecule has 1 heterocycles. The molecule has 118 valence electrons. The molecule has 2 aromatic rings. The molecule has 0 unspecified atom stereocenters. The van der Waals surface area contributed by atoms with E-state index in [1.54, 1.807) is 12.1 Å². The van der Waals surface area contributed by atoms with Crippen LogP contribution in [0.25, 0.3) is 0 Å². The number of anilines is 1. The van der Waals surface area contributed by atoms with Crippen molar-refractivity contribution in [2.75, 3.05) is 11.9 Å². The molecular weight excluding hydrogens is 337 g/mol. The van der Waals surface area contributed by atoms with Gasteiger partial charge in [-0.1, -0.05) is 23.2 Å². The SMILES string of the molecule is O=C(NCCc1nccn1C(F)F)Nc1ccc(Cl)c(Cl)c1. The van der Waals surface area contributed by atoms with Crippen LogP contribution >= 0.6 is 23.2 Å². The standard InChI is InChI=1S/C13H12Cl2F2N4O/c14-9-2-1-8(7-10(9)15)20-13(22)19-4-3-11-18-5-6-21(11)12(16)17/h1-2,5-7,12H,3-4H2,(H2,19,20,22). The normalized spacial score (nSPS) is 10.8. The lowest BCUT2D eigenvalue weighted by molar-refractivity contribution is 0.0670. The minimum atomic E-state index is -2.65. The number of benzene rings is 1. The molecular formula is C13H12Cl2F2N4O. The smallest absolute Gasteiger partial charge is 0.319 e. The van der Waals surface area contributed by atoms with Crippen molar-refractivity contribution >= 4 is 34.9 Å². The van der Waals surface area contributed by atoms with Crippen molar-refractivity contribution in [3.05, 3.63) is 46.5 Å². The van der Waals surface area contributed by atoms with E-state index in [0.29, 0.717) is 15.7 Å². The van der Waals surface area contributed by atoms with E-state index in [0.717, 1.165) is 4.57 Å². The van der Waals surface area contributed by atoms with Crippen LogP contribution in [0.4, 0.5) is 19.3 Å². The third kappa shape index (κ3) is 4.32. The predicted molar refractivity (Wildman–Crippen MR) is 80.7 cm³/mol. The second-order valence-electron chi connectivity index (χ2n) is 4.29. The summed E-state index contributed by atoms with van der Waals surface area (Å²) < 4.78 is 26.0. The summed E-state index contributed by atoms with van der Waals surface area (Å²) in [6, 6.07) is 4.18. The Morgan fingerprint density at radius 1 is 1.32 bits per heavy atom. The van der Waals surface area contributed by atoms with Crippen LogP contribution in [0.5, 0.6) is 0 Å². The lowest BCUT2D eigenvalue weighted by atomic mass is 10.3. The van der Waals surface area contributed by atoms with E-state index in [2.05, 4.69) is 15.6 Å². The summed E-state index contributed by atoms with van der Waals surface area (Å²) in [5, 5.41) is 5.80. The number of rotatable bonds is 5. The molecule has 0 aliphatic rings. The molecule has 0 bridgehead atoms. The Hall–Kier alpha value is -1.86. The molecule has 0 spiro atoms. The Labute approximate surface area is 135 Å². The molecule has 0 fully saturated rings. The number of urea groups is 1. The topological polar surface area (TPSA) is 59.0 Å². The molecule has 0 aliphatic carbocycles. The Kier molecular flexibility index (Phi) is 5.57.